The van der Waals surface area contributed by atoms with Gasteiger partial charge in [0.15, 0.2) is 17.5 Å². The van der Waals surface area contributed by atoms with E-state index in [4.69, 9.17) is 19.4 Å². The summed E-state index contributed by atoms with van der Waals surface area (Å²) in [6.07, 6.45) is 11.5. The Morgan fingerprint density at radius 2 is 1.00 bits per heavy atom. The first-order chi connectivity index (χ1) is 37.2. The molecule has 0 atom stereocenters. The Morgan fingerprint density at radius 1 is 0.427 bits per heavy atom. The lowest BCUT2D eigenvalue weighted by atomic mass is 9.90. The van der Waals surface area contributed by atoms with Gasteiger partial charge >= 0.3 is 0 Å². The van der Waals surface area contributed by atoms with Gasteiger partial charge in [0, 0.05) is 67.2 Å². The van der Waals surface area contributed by atoms with Crippen LogP contribution in [0.4, 0.5) is 0 Å². The molecule has 0 unspecified atom stereocenters. The number of hydrogen-bond donors (Lipinski definition) is 0. The zero-order chi connectivity index (χ0) is 49.7. The smallest absolute Gasteiger partial charge is 0.164 e. The molecule has 75 heavy (non-hydrogen) atoms. The second-order valence-electron chi connectivity index (χ2n) is 19.2. The monoisotopic (exact) mass is 958 g/mol. The summed E-state index contributed by atoms with van der Waals surface area (Å²) in [5, 5.41) is 3.34. The van der Waals surface area contributed by atoms with Gasteiger partial charge in [-0.1, -0.05) is 206 Å². The molecule has 3 aromatic heterocycles. The van der Waals surface area contributed by atoms with Crippen LogP contribution in [0.1, 0.15) is 35.2 Å². The Hall–Kier alpha value is -9.89. The van der Waals surface area contributed by atoms with Crippen LogP contribution in [-0.2, 0) is 6.42 Å². The minimum Gasteiger partial charge on any atom is -0.456 e. The van der Waals surface area contributed by atoms with Crippen molar-refractivity contribution in [1.29, 1.82) is 0 Å². The molecule has 0 saturated heterocycles. The summed E-state index contributed by atoms with van der Waals surface area (Å²) in [4.78, 5) is 16.0. The van der Waals surface area contributed by atoms with E-state index in [2.05, 4.69) is 217 Å². The molecule has 0 amide bonds. The number of benzene rings is 9. The normalized spacial score (nSPS) is 13.0. The van der Waals surface area contributed by atoms with E-state index in [-0.39, 0.29) is 0 Å². The standard InChI is InChI=1S/C70H46N4O/c1-5-18-46(19-6-1)49-26-17-27-51(35-32-49)60-43-56(70-72-68(53-24-11-4-12-25-53)71-69(73-70)55-38-40-59-58-29-14-16-31-65(58)75-66(59)45-55)44-61(52-36-33-50(34-37-52)47-20-7-2-8-21-47)67(60)74-63-30-15-13-28-57(63)62-42-54(39-41-64(62)74)48-22-9-3-10-23-48/h1-14,16,18-25,28-29,31-45H,15,27,30H2. The van der Waals surface area contributed by atoms with Crippen LogP contribution in [0, 0.1) is 11.8 Å². The molecule has 2 aliphatic carbocycles. The van der Waals surface area contributed by atoms with Crippen LogP contribution in [0.25, 0.3) is 123 Å². The summed E-state index contributed by atoms with van der Waals surface area (Å²) in [6, 6.07) is 77.0. The molecule has 2 aliphatic rings. The van der Waals surface area contributed by atoms with Crippen LogP contribution in [0.2, 0.25) is 0 Å². The minimum atomic E-state index is 0.532. The van der Waals surface area contributed by atoms with Crippen molar-refractivity contribution < 1.29 is 4.42 Å². The maximum Gasteiger partial charge on any atom is 0.164 e. The first-order valence-corrected chi connectivity index (χ1v) is 25.6. The van der Waals surface area contributed by atoms with Crippen molar-refractivity contribution >= 4 is 50.1 Å². The van der Waals surface area contributed by atoms with Crippen molar-refractivity contribution in [3.8, 4) is 85.1 Å². The molecule has 0 aliphatic heterocycles. The second kappa shape index (κ2) is 18.6. The van der Waals surface area contributed by atoms with Crippen molar-refractivity contribution in [2.45, 2.75) is 19.3 Å². The fourth-order valence-electron chi connectivity index (χ4n) is 10.9. The van der Waals surface area contributed by atoms with Gasteiger partial charge in [-0.3, -0.25) is 0 Å². The first-order valence-electron chi connectivity index (χ1n) is 25.6. The molecular formula is C70H46N4O. The third kappa shape index (κ3) is 8.07. The summed E-state index contributed by atoms with van der Waals surface area (Å²) in [7, 11) is 0. The van der Waals surface area contributed by atoms with E-state index in [0.29, 0.717) is 23.9 Å². The summed E-state index contributed by atoms with van der Waals surface area (Å²) in [5.74, 6) is 8.86. The van der Waals surface area contributed by atoms with E-state index >= 15 is 0 Å². The predicted molar refractivity (Wildman–Crippen MR) is 309 cm³/mol. The van der Waals surface area contributed by atoms with Crippen LogP contribution in [0.3, 0.4) is 0 Å². The molecule has 0 spiro atoms. The highest BCUT2D eigenvalue weighted by Gasteiger charge is 2.27. The second-order valence-corrected chi connectivity index (χ2v) is 19.2. The molecule has 5 nitrogen and oxygen atoms in total. The lowest BCUT2D eigenvalue weighted by Gasteiger charge is -2.23. The van der Waals surface area contributed by atoms with Crippen LogP contribution in [-0.4, -0.2) is 19.5 Å². The Bertz CT molecular complexity index is 4340. The number of furan rings is 1. The van der Waals surface area contributed by atoms with Crippen molar-refractivity contribution in [3.63, 3.8) is 0 Å². The van der Waals surface area contributed by atoms with Gasteiger partial charge in [0.1, 0.15) is 11.2 Å². The van der Waals surface area contributed by atoms with E-state index in [1.165, 1.54) is 33.3 Å². The quantitative estimate of drug-likeness (QED) is 0.135. The van der Waals surface area contributed by atoms with Crippen molar-refractivity contribution in [1.82, 2.24) is 19.5 Å². The van der Waals surface area contributed by atoms with Gasteiger partial charge in [-0.25, -0.2) is 15.0 Å². The largest absolute Gasteiger partial charge is 0.456 e. The van der Waals surface area contributed by atoms with Gasteiger partial charge in [0.05, 0.1) is 11.2 Å². The van der Waals surface area contributed by atoms with Gasteiger partial charge in [-0.2, -0.15) is 0 Å². The van der Waals surface area contributed by atoms with Crippen LogP contribution in [0.5, 0.6) is 0 Å². The average Bonchev–Trinajstić information content (AvgIpc) is 3.91. The van der Waals surface area contributed by atoms with Gasteiger partial charge in [-0.15, -0.1) is 0 Å². The van der Waals surface area contributed by atoms with Crippen molar-refractivity contribution in [2.75, 3.05) is 0 Å². The third-order valence-electron chi connectivity index (χ3n) is 14.6. The van der Waals surface area contributed by atoms with Crippen molar-refractivity contribution in [3.05, 3.63) is 259 Å². The Balaban J connectivity index is 1.06. The molecule has 0 saturated carbocycles. The Labute approximate surface area is 435 Å². The average molecular weight is 959 g/mol. The number of para-hydroxylation sites is 1. The van der Waals surface area contributed by atoms with Crippen LogP contribution < -0.4 is 0 Å². The fourth-order valence-corrected chi connectivity index (χ4v) is 10.9. The third-order valence-corrected chi connectivity index (χ3v) is 14.6. The topological polar surface area (TPSA) is 56.7 Å². The zero-order valence-electron chi connectivity index (χ0n) is 40.9. The lowest BCUT2D eigenvalue weighted by Crippen LogP contribution is -2.09. The molecular weight excluding hydrogens is 913 g/mol. The predicted octanol–water partition coefficient (Wildman–Crippen LogP) is 17.6. The van der Waals surface area contributed by atoms with Crippen LogP contribution >= 0.6 is 0 Å². The SMILES string of the molecule is C1#CC(c2ccccc2)=CC=C(c2cc(-c3nc(-c4ccccc4)nc(-c4ccc5c(c4)oc4ccccc45)n3)cc(-c3ccc(-c4ccccc4)cc3)c2-n2c3c(c4cc(-c5ccccc5)ccc42)C=CCC3)C1. The van der Waals surface area contributed by atoms with Gasteiger partial charge in [0.2, 0.25) is 0 Å². The molecule has 0 N–H and O–H groups in total. The molecule has 352 valence electrons. The van der Waals surface area contributed by atoms with Crippen molar-refractivity contribution in [2.24, 2.45) is 0 Å². The molecule has 0 fully saturated rings. The first kappa shape index (κ1) is 43.9. The van der Waals surface area contributed by atoms with Gasteiger partial charge in [-0.05, 0) is 100 Å². The van der Waals surface area contributed by atoms with E-state index < -0.39 is 0 Å². The molecule has 5 heteroatoms. The van der Waals surface area contributed by atoms with E-state index in [1.807, 2.05) is 42.5 Å². The Morgan fingerprint density at radius 3 is 1.75 bits per heavy atom. The number of rotatable bonds is 9. The van der Waals surface area contributed by atoms with Gasteiger partial charge in [0.25, 0.3) is 0 Å². The van der Waals surface area contributed by atoms with E-state index in [0.717, 1.165) is 102 Å². The number of fused-ring (bicyclic) bond motifs is 6. The molecule has 0 radical (unpaired) electrons. The highest BCUT2D eigenvalue weighted by Crippen LogP contribution is 2.45. The molecule has 14 rings (SSSR count). The summed E-state index contributed by atoms with van der Waals surface area (Å²) >= 11 is 0. The summed E-state index contributed by atoms with van der Waals surface area (Å²) in [5.41, 5.74) is 20.1. The van der Waals surface area contributed by atoms with E-state index in [1.54, 1.807) is 0 Å². The highest BCUT2D eigenvalue weighted by molar-refractivity contribution is 6.06. The highest BCUT2D eigenvalue weighted by atomic mass is 16.3. The molecule has 0 bridgehead atoms. The molecule has 3 heterocycles. The maximum atomic E-state index is 6.42. The number of hydrogen-bond acceptors (Lipinski definition) is 4. The maximum absolute atomic E-state index is 6.42. The zero-order valence-corrected chi connectivity index (χ0v) is 40.9. The number of allylic oxidation sites excluding steroid dienone is 5. The number of aromatic nitrogens is 4. The Kier molecular flexibility index (Phi) is 10.9. The van der Waals surface area contributed by atoms with Crippen LogP contribution in [0.15, 0.2) is 241 Å². The summed E-state index contributed by atoms with van der Waals surface area (Å²) in [6.45, 7) is 0. The summed E-state index contributed by atoms with van der Waals surface area (Å²) < 4.78 is 8.98. The lowest BCUT2D eigenvalue weighted by molar-refractivity contribution is 0.669. The molecule has 9 aromatic carbocycles. The molecule has 12 aromatic rings. The van der Waals surface area contributed by atoms with Gasteiger partial charge < -0.3 is 8.98 Å². The minimum absolute atomic E-state index is 0.532. The van der Waals surface area contributed by atoms with E-state index in [9.17, 15) is 0 Å². The number of nitrogens with zero attached hydrogens (tertiary/aromatic N) is 4. The fraction of sp³-hybridized carbons (Fsp3) is 0.0429.